The molecule has 4 unspecified atom stereocenters. The van der Waals surface area contributed by atoms with E-state index in [1.165, 1.54) is 45.2 Å². The van der Waals surface area contributed by atoms with Crippen molar-refractivity contribution in [1.82, 2.24) is 10.2 Å². The fourth-order valence-electron chi connectivity index (χ4n) is 3.58. The molecule has 1 heterocycles. The predicted molar refractivity (Wildman–Crippen MR) is 69.7 cm³/mol. The molecule has 0 bridgehead atoms. The number of nitrogens with one attached hydrogen (secondary N) is 1. The fraction of sp³-hybridized carbons (Fsp3) is 1.00. The molecule has 2 nitrogen and oxygen atoms in total. The Morgan fingerprint density at radius 1 is 1.25 bits per heavy atom. The topological polar surface area (TPSA) is 15.3 Å². The van der Waals surface area contributed by atoms with Gasteiger partial charge >= 0.3 is 0 Å². The Morgan fingerprint density at radius 2 is 2.06 bits per heavy atom. The van der Waals surface area contributed by atoms with E-state index in [1.807, 2.05) is 0 Å². The molecule has 1 aliphatic heterocycles. The lowest BCUT2D eigenvalue weighted by Crippen LogP contribution is -2.58. The number of hydrogen-bond acceptors (Lipinski definition) is 2. The van der Waals surface area contributed by atoms with Crippen molar-refractivity contribution in [2.75, 3.05) is 13.1 Å². The Hall–Kier alpha value is -0.0800. The van der Waals surface area contributed by atoms with Crippen LogP contribution in [0, 0.1) is 5.92 Å². The summed E-state index contributed by atoms with van der Waals surface area (Å²) < 4.78 is 0. The summed E-state index contributed by atoms with van der Waals surface area (Å²) in [5, 5.41) is 3.70. The highest BCUT2D eigenvalue weighted by molar-refractivity contribution is 4.91. The highest BCUT2D eigenvalue weighted by Gasteiger charge is 2.35. The molecule has 16 heavy (non-hydrogen) atoms. The first-order chi connectivity index (χ1) is 7.72. The van der Waals surface area contributed by atoms with Crippen molar-refractivity contribution in [1.29, 1.82) is 0 Å². The molecule has 0 aromatic heterocycles. The van der Waals surface area contributed by atoms with Crippen LogP contribution in [0.15, 0.2) is 0 Å². The van der Waals surface area contributed by atoms with Crippen LogP contribution in [-0.4, -0.2) is 36.1 Å². The molecule has 2 heteroatoms. The van der Waals surface area contributed by atoms with Gasteiger partial charge in [-0.2, -0.15) is 0 Å². The average Bonchev–Trinajstić information content (AvgIpc) is 2.68. The van der Waals surface area contributed by atoms with Crippen LogP contribution in [-0.2, 0) is 0 Å². The van der Waals surface area contributed by atoms with Crippen molar-refractivity contribution in [2.24, 2.45) is 5.92 Å². The second-order valence-corrected chi connectivity index (χ2v) is 5.92. The zero-order valence-corrected chi connectivity index (χ0v) is 11.2. The van der Waals surface area contributed by atoms with Gasteiger partial charge in [0.25, 0.3) is 0 Å². The standard InChI is InChI=1S/C14H28N2/c1-4-6-13-10-16(12(3)9-15-13)14-8-5-7-11(14)2/h11-15H,4-10H2,1-3H3. The Kier molecular flexibility index (Phi) is 4.26. The summed E-state index contributed by atoms with van der Waals surface area (Å²) in [7, 11) is 0. The van der Waals surface area contributed by atoms with E-state index >= 15 is 0 Å². The summed E-state index contributed by atoms with van der Waals surface area (Å²) in [5.41, 5.74) is 0. The molecule has 94 valence electrons. The van der Waals surface area contributed by atoms with E-state index in [-0.39, 0.29) is 0 Å². The largest absolute Gasteiger partial charge is 0.311 e. The fourth-order valence-corrected chi connectivity index (χ4v) is 3.58. The first-order valence-electron chi connectivity index (χ1n) is 7.21. The molecule has 1 N–H and O–H groups in total. The maximum atomic E-state index is 3.70. The highest BCUT2D eigenvalue weighted by atomic mass is 15.3. The van der Waals surface area contributed by atoms with Crippen molar-refractivity contribution in [3.63, 3.8) is 0 Å². The highest BCUT2D eigenvalue weighted by Crippen LogP contribution is 2.31. The quantitative estimate of drug-likeness (QED) is 0.793. The maximum absolute atomic E-state index is 3.70. The summed E-state index contributed by atoms with van der Waals surface area (Å²) in [4.78, 5) is 2.80. The monoisotopic (exact) mass is 224 g/mol. The first kappa shape index (κ1) is 12.4. The molecular formula is C14H28N2. The molecule has 0 spiro atoms. The second kappa shape index (κ2) is 5.50. The van der Waals surface area contributed by atoms with E-state index in [2.05, 4.69) is 31.0 Å². The summed E-state index contributed by atoms with van der Waals surface area (Å²) in [6.45, 7) is 9.60. The van der Waals surface area contributed by atoms with Gasteiger partial charge in [0.1, 0.15) is 0 Å². The summed E-state index contributed by atoms with van der Waals surface area (Å²) in [5.74, 6) is 0.919. The smallest absolute Gasteiger partial charge is 0.0196 e. The lowest BCUT2D eigenvalue weighted by atomic mass is 9.98. The zero-order chi connectivity index (χ0) is 11.5. The van der Waals surface area contributed by atoms with Gasteiger partial charge in [-0.05, 0) is 32.1 Å². The van der Waals surface area contributed by atoms with Gasteiger partial charge in [-0.3, -0.25) is 4.90 Å². The minimum absolute atomic E-state index is 0.735. The van der Waals surface area contributed by atoms with E-state index < -0.39 is 0 Å². The molecule has 1 aliphatic carbocycles. The van der Waals surface area contributed by atoms with Crippen molar-refractivity contribution >= 4 is 0 Å². The normalized spacial score (nSPS) is 41.4. The molecule has 0 amide bonds. The Bertz CT molecular complexity index is 217. The second-order valence-electron chi connectivity index (χ2n) is 5.92. The molecule has 0 radical (unpaired) electrons. The molecule has 2 rings (SSSR count). The molecule has 2 aliphatic rings. The third-order valence-electron chi connectivity index (χ3n) is 4.58. The lowest BCUT2D eigenvalue weighted by molar-refractivity contribution is 0.0720. The van der Waals surface area contributed by atoms with Gasteiger partial charge in [-0.15, -0.1) is 0 Å². The van der Waals surface area contributed by atoms with Crippen molar-refractivity contribution in [3.05, 3.63) is 0 Å². The number of piperazine rings is 1. The van der Waals surface area contributed by atoms with Crippen LogP contribution in [0.1, 0.15) is 52.9 Å². The molecule has 0 aromatic carbocycles. The summed E-state index contributed by atoms with van der Waals surface area (Å²) in [6.07, 6.45) is 6.97. The molecule has 1 saturated heterocycles. The van der Waals surface area contributed by atoms with Gasteiger partial charge in [-0.25, -0.2) is 0 Å². The number of rotatable bonds is 3. The van der Waals surface area contributed by atoms with Gasteiger partial charge in [0, 0.05) is 31.2 Å². The van der Waals surface area contributed by atoms with Crippen LogP contribution in [0.5, 0.6) is 0 Å². The van der Waals surface area contributed by atoms with Crippen molar-refractivity contribution in [2.45, 2.75) is 71.0 Å². The SMILES string of the molecule is CCCC1CN(C2CCCC2C)C(C)CN1. The lowest BCUT2D eigenvalue weighted by Gasteiger charge is -2.43. The van der Waals surface area contributed by atoms with Crippen LogP contribution in [0.25, 0.3) is 0 Å². The van der Waals surface area contributed by atoms with Crippen molar-refractivity contribution in [3.8, 4) is 0 Å². The minimum Gasteiger partial charge on any atom is -0.311 e. The van der Waals surface area contributed by atoms with Crippen molar-refractivity contribution < 1.29 is 0 Å². The number of nitrogens with zero attached hydrogens (tertiary/aromatic N) is 1. The first-order valence-corrected chi connectivity index (χ1v) is 7.21. The molecule has 0 aromatic rings. The van der Waals surface area contributed by atoms with E-state index in [4.69, 9.17) is 0 Å². The summed E-state index contributed by atoms with van der Waals surface area (Å²) in [6, 6.07) is 2.35. The van der Waals surface area contributed by atoms with Gasteiger partial charge in [-0.1, -0.05) is 26.7 Å². The minimum atomic E-state index is 0.735. The molecule has 2 fully saturated rings. The van der Waals surface area contributed by atoms with Gasteiger partial charge in [0.15, 0.2) is 0 Å². The van der Waals surface area contributed by atoms with E-state index in [0.29, 0.717) is 0 Å². The van der Waals surface area contributed by atoms with Crippen LogP contribution in [0.4, 0.5) is 0 Å². The molecule has 1 saturated carbocycles. The van der Waals surface area contributed by atoms with E-state index in [0.717, 1.165) is 24.0 Å². The van der Waals surface area contributed by atoms with Crippen LogP contribution < -0.4 is 5.32 Å². The Balaban J connectivity index is 1.95. The van der Waals surface area contributed by atoms with Crippen LogP contribution in [0.3, 0.4) is 0 Å². The summed E-state index contributed by atoms with van der Waals surface area (Å²) >= 11 is 0. The zero-order valence-electron chi connectivity index (χ0n) is 11.2. The average molecular weight is 224 g/mol. The Labute approximate surface area is 101 Å². The Morgan fingerprint density at radius 3 is 2.69 bits per heavy atom. The van der Waals surface area contributed by atoms with Crippen LogP contribution in [0.2, 0.25) is 0 Å². The third kappa shape index (κ3) is 2.60. The maximum Gasteiger partial charge on any atom is 0.0196 e. The molecular weight excluding hydrogens is 196 g/mol. The van der Waals surface area contributed by atoms with E-state index in [1.54, 1.807) is 0 Å². The van der Waals surface area contributed by atoms with Gasteiger partial charge in [0.05, 0.1) is 0 Å². The van der Waals surface area contributed by atoms with E-state index in [9.17, 15) is 0 Å². The molecule has 4 atom stereocenters. The van der Waals surface area contributed by atoms with Gasteiger partial charge in [0.2, 0.25) is 0 Å². The van der Waals surface area contributed by atoms with Crippen LogP contribution >= 0.6 is 0 Å². The predicted octanol–water partition coefficient (Wildman–Crippen LogP) is 2.64. The number of hydrogen-bond donors (Lipinski definition) is 1. The third-order valence-corrected chi connectivity index (χ3v) is 4.58. The van der Waals surface area contributed by atoms with Gasteiger partial charge < -0.3 is 5.32 Å².